The highest BCUT2D eigenvalue weighted by Crippen LogP contribution is 2.48. The van der Waals surface area contributed by atoms with Gasteiger partial charge in [-0.2, -0.15) is 5.26 Å². The Morgan fingerprint density at radius 2 is 2.26 bits per heavy atom. The van der Waals surface area contributed by atoms with E-state index in [9.17, 15) is 4.79 Å². The normalized spacial score (nSPS) is 22.7. The van der Waals surface area contributed by atoms with E-state index in [0.29, 0.717) is 23.4 Å². The first-order chi connectivity index (χ1) is 11.1. The fourth-order valence-corrected chi connectivity index (χ4v) is 4.79. The van der Waals surface area contributed by atoms with E-state index in [0.717, 1.165) is 37.5 Å². The molecule has 5 nitrogen and oxygen atoms in total. The van der Waals surface area contributed by atoms with Crippen LogP contribution in [-0.4, -0.2) is 36.7 Å². The van der Waals surface area contributed by atoms with Crippen molar-refractivity contribution >= 4 is 17.4 Å². The van der Waals surface area contributed by atoms with Crippen molar-refractivity contribution in [2.75, 3.05) is 19.8 Å². The molecular formula is C17H23N3O2S. The topological polar surface area (TPSA) is 65.4 Å². The molecule has 0 aromatic carbocycles. The molecule has 2 aliphatic heterocycles. The first-order valence-electron chi connectivity index (χ1n) is 8.17. The maximum atomic E-state index is 12.5. The van der Waals surface area contributed by atoms with Gasteiger partial charge in [-0.1, -0.05) is 13.8 Å². The van der Waals surface area contributed by atoms with E-state index < -0.39 is 0 Å². The third-order valence-electron chi connectivity index (χ3n) is 5.02. The quantitative estimate of drug-likeness (QED) is 0.925. The summed E-state index contributed by atoms with van der Waals surface area (Å²) in [5.74, 6) is 0.444. The van der Waals surface area contributed by atoms with Crippen LogP contribution in [0.15, 0.2) is 12.1 Å². The van der Waals surface area contributed by atoms with Gasteiger partial charge >= 0.3 is 6.03 Å². The zero-order valence-corrected chi connectivity index (χ0v) is 14.5. The Balaban J connectivity index is 1.60. The summed E-state index contributed by atoms with van der Waals surface area (Å²) in [7, 11) is 0. The van der Waals surface area contributed by atoms with Crippen LogP contribution in [-0.2, 0) is 11.3 Å². The lowest BCUT2D eigenvalue weighted by Gasteiger charge is -2.60. The molecule has 0 bridgehead atoms. The predicted molar refractivity (Wildman–Crippen MR) is 89.1 cm³/mol. The van der Waals surface area contributed by atoms with Gasteiger partial charge < -0.3 is 15.0 Å². The molecule has 2 aliphatic rings. The molecule has 23 heavy (non-hydrogen) atoms. The van der Waals surface area contributed by atoms with E-state index in [-0.39, 0.29) is 11.4 Å². The Morgan fingerprint density at radius 1 is 1.52 bits per heavy atom. The van der Waals surface area contributed by atoms with Gasteiger partial charge in [0.05, 0.1) is 6.54 Å². The second kappa shape index (κ2) is 6.50. The number of rotatable bonds is 3. The maximum absolute atomic E-state index is 12.5. The molecule has 2 saturated heterocycles. The lowest BCUT2D eigenvalue weighted by atomic mass is 9.63. The van der Waals surface area contributed by atoms with Gasteiger partial charge in [-0.05, 0) is 30.9 Å². The minimum absolute atomic E-state index is 0.00715. The van der Waals surface area contributed by atoms with E-state index in [1.807, 2.05) is 11.0 Å². The summed E-state index contributed by atoms with van der Waals surface area (Å²) in [6.07, 6.45) is 2.10. The monoisotopic (exact) mass is 333 g/mol. The molecule has 1 N–H and O–H groups in total. The SMILES string of the molecule is CC(C)[C@@H]1N(C(=O)NCc2ccc(C#N)s2)CC12CCOCC2. The van der Waals surface area contributed by atoms with Crippen LogP contribution < -0.4 is 5.32 Å². The summed E-state index contributed by atoms with van der Waals surface area (Å²) in [6.45, 7) is 7.33. The fraction of sp³-hybridized carbons (Fsp3) is 0.647. The number of amides is 2. The minimum Gasteiger partial charge on any atom is -0.381 e. The molecule has 2 fully saturated rings. The molecule has 1 atom stereocenters. The summed E-state index contributed by atoms with van der Waals surface area (Å²) in [5.41, 5.74) is 0.251. The second-order valence-corrected chi connectivity index (χ2v) is 8.00. The lowest BCUT2D eigenvalue weighted by molar-refractivity contribution is -0.124. The summed E-state index contributed by atoms with van der Waals surface area (Å²) in [6, 6.07) is 6.13. The zero-order valence-electron chi connectivity index (χ0n) is 13.7. The van der Waals surface area contributed by atoms with Crippen LogP contribution in [0.1, 0.15) is 36.4 Å². The molecule has 3 rings (SSSR count). The number of likely N-dealkylation sites (tertiary alicyclic amines) is 1. The molecule has 0 radical (unpaired) electrons. The van der Waals surface area contributed by atoms with Crippen LogP contribution in [0.4, 0.5) is 4.79 Å². The molecule has 6 heteroatoms. The van der Waals surface area contributed by atoms with E-state index in [1.54, 1.807) is 6.07 Å². The van der Waals surface area contributed by atoms with Crippen molar-refractivity contribution in [1.82, 2.24) is 10.2 Å². The first kappa shape index (κ1) is 16.3. The number of thiophene rings is 1. The van der Waals surface area contributed by atoms with Crippen LogP contribution in [0, 0.1) is 22.7 Å². The number of nitrogens with zero attached hydrogens (tertiary/aromatic N) is 2. The Kier molecular flexibility index (Phi) is 4.60. The number of hydrogen-bond donors (Lipinski definition) is 1. The Labute approximate surface area is 141 Å². The largest absolute Gasteiger partial charge is 0.381 e. The summed E-state index contributed by atoms with van der Waals surface area (Å²) >= 11 is 1.43. The lowest BCUT2D eigenvalue weighted by Crippen LogP contribution is -2.70. The Morgan fingerprint density at radius 3 is 2.87 bits per heavy atom. The van der Waals surface area contributed by atoms with E-state index in [2.05, 4.69) is 25.2 Å². The zero-order chi connectivity index (χ0) is 16.4. The molecule has 124 valence electrons. The van der Waals surface area contributed by atoms with Crippen molar-refractivity contribution in [3.05, 3.63) is 21.9 Å². The van der Waals surface area contributed by atoms with E-state index in [4.69, 9.17) is 10.00 Å². The van der Waals surface area contributed by atoms with Gasteiger partial charge in [-0.25, -0.2) is 4.79 Å². The first-order valence-corrected chi connectivity index (χ1v) is 8.98. The standard InChI is InChI=1S/C17H23N3O2S/c1-12(2)15-17(5-7-22-8-6-17)11-20(15)16(21)19-10-14-4-3-13(9-18)23-14/h3-4,12,15H,5-8,10-11H2,1-2H3,(H,19,21)/t15-/m0/s1. The predicted octanol–water partition coefficient (Wildman–Crippen LogP) is 2.97. The smallest absolute Gasteiger partial charge is 0.317 e. The number of carbonyl (C=O) groups excluding carboxylic acids is 1. The molecule has 2 amide bonds. The third-order valence-corrected chi connectivity index (χ3v) is 6.00. The van der Waals surface area contributed by atoms with Crippen LogP contribution in [0.3, 0.4) is 0 Å². The summed E-state index contributed by atoms with van der Waals surface area (Å²) < 4.78 is 5.50. The van der Waals surface area contributed by atoms with Gasteiger partial charge in [0.15, 0.2) is 0 Å². The molecule has 1 aromatic rings. The van der Waals surface area contributed by atoms with Crippen molar-refractivity contribution in [2.24, 2.45) is 11.3 Å². The van der Waals surface area contributed by atoms with Crippen LogP contribution >= 0.6 is 11.3 Å². The van der Waals surface area contributed by atoms with Crippen LogP contribution in [0.2, 0.25) is 0 Å². The van der Waals surface area contributed by atoms with Crippen molar-refractivity contribution in [3.63, 3.8) is 0 Å². The van der Waals surface area contributed by atoms with Gasteiger partial charge in [0, 0.05) is 36.1 Å². The summed E-state index contributed by atoms with van der Waals surface area (Å²) in [4.78, 5) is 16.2. The average molecular weight is 333 g/mol. The fourth-order valence-electron chi connectivity index (χ4n) is 4.04. The average Bonchev–Trinajstić information content (AvgIpc) is 2.99. The van der Waals surface area contributed by atoms with Gasteiger partial charge in [0.1, 0.15) is 10.9 Å². The Bertz CT molecular complexity index is 614. The molecule has 1 aromatic heterocycles. The number of ether oxygens (including phenoxy) is 1. The number of urea groups is 1. The minimum atomic E-state index is 0.00715. The molecule has 3 heterocycles. The van der Waals surface area contributed by atoms with Crippen molar-refractivity contribution < 1.29 is 9.53 Å². The number of nitriles is 1. The Hall–Kier alpha value is -1.58. The number of carbonyl (C=O) groups is 1. The number of nitrogens with one attached hydrogen (secondary N) is 1. The summed E-state index contributed by atoms with van der Waals surface area (Å²) in [5, 5.41) is 11.9. The van der Waals surface area contributed by atoms with Gasteiger partial charge in [0.2, 0.25) is 0 Å². The van der Waals surface area contributed by atoms with Crippen molar-refractivity contribution in [2.45, 2.75) is 39.3 Å². The highest BCUT2D eigenvalue weighted by molar-refractivity contribution is 7.12. The van der Waals surface area contributed by atoms with Crippen molar-refractivity contribution in [1.29, 1.82) is 5.26 Å². The maximum Gasteiger partial charge on any atom is 0.317 e. The highest BCUT2D eigenvalue weighted by Gasteiger charge is 2.55. The third kappa shape index (κ3) is 3.08. The van der Waals surface area contributed by atoms with E-state index in [1.165, 1.54) is 11.3 Å². The number of hydrogen-bond acceptors (Lipinski definition) is 4. The van der Waals surface area contributed by atoms with Gasteiger partial charge in [-0.3, -0.25) is 0 Å². The van der Waals surface area contributed by atoms with Gasteiger partial charge in [0.25, 0.3) is 0 Å². The molecule has 0 saturated carbocycles. The van der Waals surface area contributed by atoms with Crippen LogP contribution in [0.5, 0.6) is 0 Å². The molecule has 1 spiro atoms. The molecule has 0 aliphatic carbocycles. The molecular weight excluding hydrogens is 310 g/mol. The van der Waals surface area contributed by atoms with Crippen LogP contribution in [0.25, 0.3) is 0 Å². The van der Waals surface area contributed by atoms with E-state index >= 15 is 0 Å². The second-order valence-electron chi connectivity index (χ2n) is 6.83. The highest BCUT2D eigenvalue weighted by atomic mass is 32.1. The van der Waals surface area contributed by atoms with Gasteiger partial charge in [-0.15, -0.1) is 11.3 Å². The van der Waals surface area contributed by atoms with Crippen molar-refractivity contribution in [3.8, 4) is 6.07 Å². The molecule has 0 unspecified atom stereocenters.